The van der Waals surface area contributed by atoms with Crippen LogP contribution in [0.2, 0.25) is 0 Å². The number of methoxy groups -OCH3 is 1. The second-order valence-corrected chi connectivity index (χ2v) is 7.83. The van der Waals surface area contributed by atoms with Gasteiger partial charge in [-0.25, -0.2) is 4.39 Å². The number of nitrogens with zero attached hydrogens (tertiary/aromatic N) is 3. The first-order valence-electron chi connectivity index (χ1n) is 8.77. The Morgan fingerprint density at radius 2 is 1.82 bits per heavy atom. The minimum atomic E-state index is -0.316. The molecular formula is C20H21FN4O2S. The van der Waals surface area contributed by atoms with E-state index in [0.29, 0.717) is 27.5 Å². The number of hydrogen-bond acceptors (Lipinski definition) is 5. The number of nitrogens with one attached hydrogen (secondary N) is 1. The van der Waals surface area contributed by atoms with Crippen molar-refractivity contribution in [1.29, 1.82) is 0 Å². The minimum absolute atomic E-state index is 0.188. The highest BCUT2D eigenvalue weighted by molar-refractivity contribution is 7.99. The standard InChI is InChI=1S/C20H21FN4O2S/c1-13(2)28-20-24-23-18(25(20)16-8-6-15(21)7-9-16)12-22-19(26)14-4-10-17(27-3)11-5-14/h4-11,13H,12H2,1-3H3,(H,22,26). The van der Waals surface area contributed by atoms with E-state index in [9.17, 15) is 9.18 Å². The van der Waals surface area contributed by atoms with Gasteiger partial charge in [-0.2, -0.15) is 0 Å². The van der Waals surface area contributed by atoms with Crippen LogP contribution >= 0.6 is 11.8 Å². The smallest absolute Gasteiger partial charge is 0.251 e. The predicted molar refractivity (Wildman–Crippen MR) is 106 cm³/mol. The zero-order chi connectivity index (χ0) is 20.1. The number of thioether (sulfide) groups is 1. The molecule has 8 heteroatoms. The van der Waals surface area contributed by atoms with Gasteiger partial charge in [-0.3, -0.25) is 9.36 Å². The Morgan fingerprint density at radius 3 is 2.43 bits per heavy atom. The molecule has 2 aromatic carbocycles. The number of benzene rings is 2. The van der Waals surface area contributed by atoms with Gasteiger partial charge in [0.25, 0.3) is 5.91 Å². The molecule has 0 saturated heterocycles. The van der Waals surface area contributed by atoms with Gasteiger partial charge in [-0.05, 0) is 48.5 Å². The van der Waals surface area contributed by atoms with Crippen LogP contribution in [-0.2, 0) is 6.54 Å². The molecule has 3 rings (SSSR count). The van der Waals surface area contributed by atoms with E-state index in [4.69, 9.17) is 4.74 Å². The van der Waals surface area contributed by atoms with Crippen molar-refractivity contribution in [2.75, 3.05) is 7.11 Å². The Kier molecular flexibility index (Phi) is 6.30. The van der Waals surface area contributed by atoms with Crippen molar-refractivity contribution >= 4 is 17.7 Å². The molecule has 6 nitrogen and oxygen atoms in total. The molecule has 0 saturated carbocycles. The number of aromatic nitrogens is 3. The summed E-state index contributed by atoms with van der Waals surface area (Å²) in [4.78, 5) is 12.4. The van der Waals surface area contributed by atoms with Crippen LogP contribution in [0.15, 0.2) is 53.7 Å². The fourth-order valence-corrected chi connectivity index (χ4v) is 3.38. The molecule has 0 aliphatic heterocycles. The van der Waals surface area contributed by atoms with E-state index in [-0.39, 0.29) is 18.3 Å². The number of amides is 1. The van der Waals surface area contributed by atoms with E-state index in [1.54, 1.807) is 55.3 Å². The van der Waals surface area contributed by atoms with E-state index < -0.39 is 0 Å². The van der Waals surface area contributed by atoms with Crippen LogP contribution in [0, 0.1) is 5.82 Å². The summed E-state index contributed by atoms with van der Waals surface area (Å²) < 4.78 is 20.3. The van der Waals surface area contributed by atoms with Crippen molar-refractivity contribution < 1.29 is 13.9 Å². The van der Waals surface area contributed by atoms with E-state index in [1.807, 2.05) is 4.57 Å². The first-order chi connectivity index (χ1) is 13.5. The maximum Gasteiger partial charge on any atom is 0.251 e. The molecule has 0 atom stereocenters. The monoisotopic (exact) mass is 400 g/mol. The number of carbonyl (C=O) groups is 1. The third-order valence-electron chi connectivity index (χ3n) is 3.89. The van der Waals surface area contributed by atoms with Gasteiger partial charge in [0.1, 0.15) is 11.6 Å². The summed E-state index contributed by atoms with van der Waals surface area (Å²) in [5.41, 5.74) is 1.26. The van der Waals surface area contributed by atoms with E-state index in [0.717, 1.165) is 5.69 Å². The van der Waals surface area contributed by atoms with Gasteiger partial charge in [-0.15, -0.1) is 10.2 Å². The largest absolute Gasteiger partial charge is 0.497 e. The molecule has 0 spiro atoms. The first kappa shape index (κ1) is 19.9. The zero-order valence-corrected chi connectivity index (χ0v) is 16.7. The van der Waals surface area contributed by atoms with Crippen molar-refractivity contribution in [3.8, 4) is 11.4 Å². The van der Waals surface area contributed by atoms with Crippen molar-refractivity contribution in [3.05, 3.63) is 65.7 Å². The Hall–Kier alpha value is -2.87. The van der Waals surface area contributed by atoms with E-state index in [2.05, 4.69) is 29.4 Å². The minimum Gasteiger partial charge on any atom is -0.497 e. The Labute approximate surface area is 167 Å². The highest BCUT2D eigenvalue weighted by Gasteiger charge is 2.17. The SMILES string of the molecule is COc1ccc(C(=O)NCc2nnc(SC(C)C)n2-c2ccc(F)cc2)cc1. The molecule has 0 aliphatic rings. The summed E-state index contributed by atoms with van der Waals surface area (Å²) in [6.07, 6.45) is 0. The lowest BCUT2D eigenvalue weighted by Gasteiger charge is -2.12. The van der Waals surface area contributed by atoms with E-state index in [1.165, 1.54) is 12.1 Å². The lowest BCUT2D eigenvalue weighted by molar-refractivity contribution is 0.0949. The van der Waals surface area contributed by atoms with Crippen molar-refractivity contribution in [2.45, 2.75) is 30.8 Å². The molecule has 1 aromatic heterocycles. The van der Waals surface area contributed by atoms with E-state index >= 15 is 0 Å². The van der Waals surface area contributed by atoms with Gasteiger partial charge < -0.3 is 10.1 Å². The number of rotatable bonds is 7. The Balaban J connectivity index is 1.81. The summed E-state index contributed by atoms with van der Waals surface area (Å²) in [7, 11) is 1.57. The second kappa shape index (κ2) is 8.88. The van der Waals surface area contributed by atoms with Crippen molar-refractivity contribution in [3.63, 3.8) is 0 Å². The maximum atomic E-state index is 13.3. The van der Waals surface area contributed by atoms with Gasteiger partial charge in [-0.1, -0.05) is 25.6 Å². The second-order valence-electron chi connectivity index (χ2n) is 6.29. The number of ether oxygens (including phenoxy) is 1. The summed E-state index contributed by atoms with van der Waals surface area (Å²) in [6, 6.07) is 13.0. The molecule has 1 amide bonds. The number of carbonyl (C=O) groups excluding carboxylic acids is 1. The fourth-order valence-electron chi connectivity index (χ4n) is 2.56. The molecule has 0 aliphatic carbocycles. The quantitative estimate of drug-likeness (QED) is 0.610. The Morgan fingerprint density at radius 1 is 1.14 bits per heavy atom. The summed E-state index contributed by atoms with van der Waals surface area (Å²) in [6.45, 7) is 4.30. The number of hydrogen-bond donors (Lipinski definition) is 1. The van der Waals surface area contributed by atoms with Crippen LogP contribution in [0.1, 0.15) is 30.0 Å². The van der Waals surface area contributed by atoms with Gasteiger partial charge in [0, 0.05) is 16.5 Å². The lowest BCUT2D eigenvalue weighted by atomic mass is 10.2. The summed E-state index contributed by atoms with van der Waals surface area (Å²) in [5, 5.41) is 12.3. The van der Waals surface area contributed by atoms with Crippen LogP contribution in [-0.4, -0.2) is 33.0 Å². The van der Waals surface area contributed by atoms with Crippen LogP contribution in [0.3, 0.4) is 0 Å². The fraction of sp³-hybridized carbons (Fsp3) is 0.250. The molecule has 0 bridgehead atoms. The van der Waals surface area contributed by atoms with Crippen LogP contribution in [0.4, 0.5) is 4.39 Å². The summed E-state index contributed by atoms with van der Waals surface area (Å²) >= 11 is 1.55. The average molecular weight is 400 g/mol. The average Bonchev–Trinajstić information content (AvgIpc) is 3.08. The highest BCUT2D eigenvalue weighted by Crippen LogP contribution is 2.25. The van der Waals surface area contributed by atoms with Crippen LogP contribution < -0.4 is 10.1 Å². The molecule has 1 heterocycles. The van der Waals surface area contributed by atoms with Crippen LogP contribution in [0.5, 0.6) is 5.75 Å². The van der Waals surface area contributed by atoms with Crippen molar-refractivity contribution in [1.82, 2.24) is 20.1 Å². The molecule has 0 radical (unpaired) electrons. The molecule has 0 fully saturated rings. The first-order valence-corrected chi connectivity index (χ1v) is 9.65. The topological polar surface area (TPSA) is 69.0 Å². The normalized spacial score (nSPS) is 10.9. The van der Waals surface area contributed by atoms with Gasteiger partial charge >= 0.3 is 0 Å². The highest BCUT2D eigenvalue weighted by atomic mass is 32.2. The molecular weight excluding hydrogens is 379 g/mol. The van der Waals surface area contributed by atoms with Gasteiger partial charge in [0.05, 0.1) is 13.7 Å². The molecule has 28 heavy (non-hydrogen) atoms. The number of halogens is 1. The molecule has 0 unspecified atom stereocenters. The summed E-state index contributed by atoms with van der Waals surface area (Å²) in [5.74, 6) is 0.707. The Bertz CT molecular complexity index is 940. The maximum absolute atomic E-state index is 13.3. The van der Waals surface area contributed by atoms with Gasteiger partial charge in [0.15, 0.2) is 11.0 Å². The molecule has 1 N–H and O–H groups in total. The third-order valence-corrected chi connectivity index (χ3v) is 4.83. The zero-order valence-electron chi connectivity index (χ0n) is 15.8. The third kappa shape index (κ3) is 4.69. The molecule has 146 valence electrons. The van der Waals surface area contributed by atoms with Crippen molar-refractivity contribution in [2.24, 2.45) is 0 Å². The predicted octanol–water partition coefficient (Wildman–Crippen LogP) is 3.85. The lowest BCUT2D eigenvalue weighted by Crippen LogP contribution is -2.24. The van der Waals surface area contributed by atoms with Crippen LogP contribution in [0.25, 0.3) is 5.69 Å². The molecule has 3 aromatic rings. The van der Waals surface area contributed by atoms with Gasteiger partial charge in [0.2, 0.25) is 0 Å².